The van der Waals surface area contributed by atoms with E-state index >= 15 is 0 Å². The van der Waals surface area contributed by atoms with E-state index in [1.54, 1.807) is 24.3 Å². The van der Waals surface area contributed by atoms with E-state index in [1.165, 1.54) is 0 Å². The van der Waals surface area contributed by atoms with E-state index in [4.69, 9.17) is 14.7 Å². The standard InChI is InChI=1S/C18H23NO3/c1-18(2)12-21-17(22-13-18)6-4-3-5-16(20)15-9-7-14(11-19)8-10-15/h7-10,17H,3-6,12-13H2,1-2H3. The van der Waals surface area contributed by atoms with Crippen LogP contribution in [-0.2, 0) is 9.47 Å². The minimum absolute atomic E-state index is 0.0993. The molecule has 0 radical (unpaired) electrons. The fourth-order valence-corrected chi connectivity index (χ4v) is 2.37. The molecular formula is C18H23NO3. The number of nitrogens with zero attached hydrogens (tertiary/aromatic N) is 1. The Morgan fingerprint density at radius 3 is 2.45 bits per heavy atom. The first kappa shape index (κ1) is 16.7. The van der Waals surface area contributed by atoms with Crippen LogP contribution in [0.1, 0.15) is 55.5 Å². The average molecular weight is 301 g/mol. The van der Waals surface area contributed by atoms with Crippen molar-refractivity contribution in [3.8, 4) is 6.07 Å². The summed E-state index contributed by atoms with van der Waals surface area (Å²) in [6, 6.07) is 8.84. The molecule has 4 heteroatoms. The molecule has 0 saturated carbocycles. The van der Waals surface area contributed by atoms with Gasteiger partial charge in [-0.1, -0.05) is 26.0 Å². The molecule has 22 heavy (non-hydrogen) atoms. The zero-order chi connectivity index (χ0) is 16.0. The van der Waals surface area contributed by atoms with Gasteiger partial charge in [0.25, 0.3) is 0 Å². The van der Waals surface area contributed by atoms with Crippen LogP contribution in [0.2, 0.25) is 0 Å². The van der Waals surface area contributed by atoms with E-state index < -0.39 is 0 Å². The van der Waals surface area contributed by atoms with Crippen LogP contribution in [0.3, 0.4) is 0 Å². The molecule has 0 spiro atoms. The van der Waals surface area contributed by atoms with Crippen molar-refractivity contribution < 1.29 is 14.3 Å². The SMILES string of the molecule is CC1(C)COC(CCCCC(=O)c2ccc(C#N)cc2)OC1. The maximum absolute atomic E-state index is 12.0. The lowest BCUT2D eigenvalue weighted by Gasteiger charge is -2.34. The molecule has 1 aliphatic rings. The summed E-state index contributed by atoms with van der Waals surface area (Å²) < 4.78 is 11.3. The third kappa shape index (κ3) is 4.94. The zero-order valence-electron chi connectivity index (χ0n) is 13.3. The number of Topliss-reactive ketones (excluding diaryl/α,β-unsaturated/α-hetero) is 1. The van der Waals surface area contributed by atoms with Gasteiger partial charge >= 0.3 is 0 Å². The lowest BCUT2D eigenvalue weighted by atomic mass is 9.95. The summed E-state index contributed by atoms with van der Waals surface area (Å²) in [5.74, 6) is 0.121. The van der Waals surface area contributed by atoms with Crippen LogP contribution in [0.5, 0.6) is 0 Å². The highest BCUT2D eigenvalue weighted by molar-refractivity contribution is 5.96. The van der Waals surface area contributed by atoms with Gasteiger partial charge in [-0.05, 0) is 31.4 Å². The molecule has 0 N–H and O–H groups in total. The Morgan fingerprint density at radius 2 is 1.86 bits per heavy atom. The van der Waals surface area contributed by atoms with Crippen LogP contribution in [0.4, 0.5) is 0 Å². The fourth-order valence-electron chi connectivity index (χ4n) is 2.37. The molecule has 1 aliphatic heterocycles. The van der Waals surface area contributed by atoms with Crippen molar-refractivity contribution in [2.24, 2.45) is 5.41 Å². The van der Waals surface area contributed by atoms with Crippen molar-refractivity contribution in [2.45, 2.75) is 45.8 Å². The number of carbonyl (C=O) groups is 1. The van der Waals surface area contributed by atoms with Crippen molar-refractivity contribution >= 4 is 5.78 Å². The second-order valence-corrected chi connectivity index (χ2v) is 6.57. The number of hydrogen-bond acceptors (Lipinski definition) is 4. The van der Waals surface area contributed by atoms with E-state index in [0.29, 0.717) is 17.5 Å². The number of ether oxygens (including phenoxy) is 2. The molecule has 0 atom stereocenters. The van der Waals surface area contributed by atoms with Gasteiger partial charge in [0, 0.05) is 17.4 Å². The molecule has 0 bridgehead atoms. The molecule has 1 aromatic rings. The number of ketones is 1. The molecular weight excluding hydrogens is 278 g/mol. The Balaban J connectivity index is 1.66. The molecule has 0 aliphatic carbocycles. The maximum atomic E-state index is 12.0. The second-order valence-electron chi connectivity index (χ2n) is 6.57. The van der Waals surface area contributed by atoms with Crippen LogP contribution in [-0.4, -0.2) is 25.3 Å². The van der Waals surface area contributed by atoms with Gasteiger partial charge in [-0.25, -0.2) is 0 Å². The highest BCUT2D eigenvalue weighted by Crippen LogP contribution is 2.25. The Labute approximate surface area is 132 Å². The first-order valence-electron chi connectivity index (χ1n) is 7.77. The monoisotopic (exact) mass is 301 g/mol. The van der Waals surface area contributed by atoms with Crippen molar-refractivity contribution in [1.29, 1.82) is 5.26 Å². The van der Waals surface area contributed by atoms with Gasteiger partial charge in [-0.15, -0.1) is 0 Å². The number of rotatable bonds is 6. The van der Waals surface area contributed by atoms with Crippen molar-refractivity contribution in [3.63, 3.8) is 0 Å². The summed E-state index contributed by atoms with van der Waals surface area (Å²) in [5.41, 5.74) is 1.35. The molecule has 0 unspecified atom stereocenters. The van der Waals surface area contributed by atoms with Gasteiger partial charge in [0.2, 0.25) is 0 Å². The summed E-state index contributed by atoms with van der Waals surface area (Å²) in [6.07, 6.45) is 2.96. The second kappa shape index (κ2) is 7.53. The molecule has 1 saturated heterocycles. The maximum Gasteiger partial charge on any atom is 0.162 e. The summed E-state index contributed by atoms with van der Waals surface area (Å²) in [7, 11) is 0. The minimum Gasteiger partial charge on any atom is -0.352 e. The minimum atomic E-state index is -0.127. The predicted octanol–water partition coefficient (Wildman–Crippen LogP) is 3.70. The highest BCUT2D eigenvalue weighted by Gasteiger charge is 2.27. The number of benzene rings is 1. The van der Waals surface area contributed by atoms with Gasteiger partial charge < -0.3 is 9.47 Å². The van der Waals surface area contributed by atoms with E-state index in [9.17, 15) is 4.79 Å². The highest BCUT2D eigenvalue weighted by atomic mass is 16.7. The number of unbranched alkanes of at least 4 members (excludes halogenated alkanes) is 1. The molecule has 1 fully saturated rings. The normalized spacial score (nSPS) is 17.9. The molecule has 0 aromatic heterocycles. The summed E-state index contributed by atoms with van der Waals surface area (Å²) in [6.45, 7) is 5.70. The first-order chi connectivity index (χ1) is 10.5. The van der Waals surface area contributed by atoms with Crippen molar-refractivity contribution in [2.75, 3.05) is 13.2 Å². The van der Waals surface area contributed by atoms with Crippen molar-refractivity contribution in [3.05, 3.63) is 35.4 Å². The van der Waals surface area contributed by atoms with E-state index in [-0.39, 0.29) is 17.5 Å². The van der Waals surface area contributed by atoms with Crippen LogP contribution < -0.4 is 0 Å². The van der Waals surface area contributed by atoms with Gasteiger partial charge in [0.15, 0.2) is 12.1 Å². The van der Waals surface area contributed by atoms with E-state index in [0.717, 1.165) is 32.5 Å². The number of nitriles is 1. The summed E-state index contributed by atoms with van der Waals surface area (Å²) >= 11 is 0. The summed E-state index contributed by atoms with van der Waals surface area (Å²) in [5, 5.41) is 8.74. The fraction of sp³-hybridized carbons (Fsp3) is 0.556. The Hall–Kier alpha value is -1.70. The zero-order valence-corrected chi connectivity index (χ0v) is 13.3. The van der Waals surface area contributed by atoms with Gasteiger partial charge in [-0.2, -0.15) is 5.26 Å². The predicted molar refractivity (Wildman–Crippen MR) is 83.4 cm³/mol. The molecule has 0 amide bonds. The third-order valence-electron chi connectivity index (χ3n) is 3.75. The summed E-state index contributed by atoms with van der Waals surface area (Å²) in [4.78, 5) is 12.0. The van der Waals surface area contributed by atoms with Gasteiger partial charge in [0.1, 0.15) is 0 Å². The molecule has 1 heterocycles. The van der Waals surface area contributed by atoms with Crippen molar-refractivity contribution in [1.82, 2.24) is 0 Å². The molecule has 118 valence electrons. The van der Waals surface area contributed by atoms with Crippen LogP contribution in [0.15, 0.2) is 24.3 Å². The lowest BCUT2D eigenvalue weighted by molar-refractivity contribution is -0.224. The molecule has 2 rings (SSSR count). The van der Waals surface area contributed by atoms with Crippen LogP contribution in [0, 0.1) is 16.7 Å². The lowest BCUT2D eigenvalue weighted by Crippen LogP contribution is -2.37. The van der Waals surface area contributed by atoms with E-state index in [1.807, 2.05) is 6.07 Å². The smallest absolute Gasteiger partial charge is 0.162 e. The number of hydrogen-bond donors (Lipinski definition) is 0. The Kier molecular flexibility index (Phi) is 5.70. The van der Waals surface area contributed by atoms with Gasteiger partial charge in [0.05, 0.1) is 24.8 Å². The van der Waals surface area contributed by atoms with Gasteiger partial charge in [-0.3, -0.25) is 4.79 Å². The van der Waals surface area contributed by atoms with Crippen LogP contribution >= 0.6 is 0 Å². The first-order valence-corrected chi connectivity index (χ1v) is 7.77. The topological polar surface area (TPSA) is 59.3 Å². The largest absolute Gasteiger partial charge is 0.352 e. The molecule has 1 aromatic carbocycles. The number of carbonyl (C=O) groups excluding carboxylic acids is 1. The third-order valence-corrected chi connectivity index (χ3v) is 3.75. The average Bonchev–Trinajstić information content (AvgIpc) is 2.52. The van der Waals surface area contributed by atoms with Crippen LogP contribution in [0.25, 0.3) is 0 Å². The quantitative estimate of drug-likeness (QED) is 0.594. The van der Waals surface area contributed by atoms with E-state index in [2.05, 4.69) is 13.8 Å². The Bertz CT molecular complexity index is 532. The Morgan fingerprint density at radius 1 is 1.23 bits per heavy atom. The molecule has 4 nitrogen and oxygen atoms in total.